The summed E-state index contributed by atoms with van der Waals surface area (Å²) >= 11 is 4.30. The zero-order valence-electron chi connectivity index (χ0n) is 12.4. The Morgan fingerprint density at radius 3 is 2.25 bits per heavy atom. The van der Waals surface area contributed by atoms with Crippen molar-refractivity contribution < 1.29 is 14.6 Å². The highest BCUT2D eigenvalue weighted by atomic mass is 127. The Kier molecular flexibility index (Phi) is 5.44. The first kappa shape index (κ1) is 17.3. The van der Waals surface area contributed by atoms with Gasteiger partial charge in [0.2, 0.25) is 0 Å². The molecule has 0 bridgehead atoms. The maximum absolute atomic E-state index is 11.1. The first-order valence-corrected chi connectivity index (χ1v) is 9.30. The van der Waals surface area contributed by atoms with Crippen molar-refractivity contribution in [3.8, 4) is 5.75 Å². The number of nitrogens with one attached hydrogen (secondary N) is 1. The SMILES string of the molecule is O=C(O)Nc1c(I)c(OCc2ccccc2)c2ccccc2c1I. The number of halogens is 2. The summed E-state index contributed by atoms with van der Waals surface area (Å²) in [6.45, 7) is 0.425. The van der Waals surface area contributed by atoms with Crippen LogP contribution in [0.1, 0.15) is 5.56 Å². The molecule has 0 heterocycles. The number of hydrogen-bond donors (Lipinski definition) is 2. The third-order valence-corrected chi connectivity index (χ3v) is 5.65. The molecule has 24 heavy (non-hydrogen) atoms. The van der Waals surface area contributed by atoms with Crippen molar-refractivity contribution in [3.05, 3.63) is 67.3 Å². The minimum atomic E-state index is -1.09. The molecule has 0 aromatic heterocycles. The Morgan fingerprint density at radius 1 is 0.958 bits per heavy atom. The number of ether oxygens (including phenoxy) is 1. The smallest absolute Gasteiger partial charge is 0.409 e. The first-order chi connectivity index (χ1) is 11.6. The molecule has 0 saturated carbocycles. The molecule has 122 valence electrons. The maximum Gasteiger partial charge on any atom is 0.409 e. The van der Waals surface area contributed by atoms with Crippen molar-refractivity contribution in [3.63, 3.8) is 0 Å². The second kappa shape index (κ2) is 7.56. The molecule has 6 heteroatoms. The monoisotopic (exact) mass is 545 g/mol. The number of benzene rings is 3. The highest BCUT2D eigenvalue weighted by Gasteiger charge is 2.19. The average Bonchev–Trinajstić information content (AvgIpc) is 2.59. The van der Waals surface area contributed by atoms with Crippen LogP contribution in [-0.2, 0) is 6.61 Å². The van der Waals surface area contributed by atoms with Crippen LogP contribution in [0.4, 0.5) is 10.5 Å². The first-order valence-electron chi connectivity index (χ1n) is 7.14. The van der Waals surface area contributed by atoms with Crippen LogP contribution in [0.3, 0.4) is 0 Å². The Hall–Kier alpha value is -1.55. The lowest BCUT2D eigenvalue weighted by Gasteiger charge is -2.17. The lowest BCUT2D eigenvalue weighted by Crippen LogP contribution is -2.11. The molecule has 0 aliphatic rings. The van der Waals surface area contributed by atoms with Crippen molar-refractivity contribution in [1.82, 2.24) is 0 Å². The fourth-order valence-electron chi connectivity index (χ4n) is 2.42. The number of carbonyl (C=O) groups is 1. The standard InChI is InChI=1S/C18H13I2NO3/c19-14-12-8-4-5-9-13(12)17(15(20)16(14)21-18(22)23)24-10-11-6-2-1-3-7-11/h1-9,21H,10H2,(H,22,23). The van der Waals surface area contributed by atoms with Gasteiger partial charge in [-0.05, 0) is 50.7 Å². The Balaban J connectivity index is 2.09. The summed E-state index contributed by atoms with van der Waals surface area (Å²) < 4.78 is 7.69. The van der Waals surface area contributed by atoms with E-state index >= 15 is 0 Å². The Bertz CT molecular complexity index is 898. The van der Waals surface area contributed by atoms with Crippen LogP contribution in [0.5, 0.6) is 5.75 Å². The molecule has 4 nitrogen and oxygen atoms in total. The number of amides is 1. The summed E-state index contributed by atoms with van der Waals surface area (Å²) in [4.78, 5) is 11.1. The van der Waals surface area contributed by atoms with E-state index in [1.807, 2.05) is 54.6 Å². The molecule has 0 aliphatic carbocycles. The molecule has 1 amide bonds. The van der Waals surface area contributed by atoms with Crippen LogP contribution in [0.2, 0.25) is 0 Å². The van der Waals surface area contributed by atoms with Crippen LogP contribution in [0, 0.1) is 7.14 Å². The topological polar surface area (TPSA) is 58.6 Å². The van der Waals surface area contributed by atoms with Crippen molar-refractivity contribution in [2.75, 3.05) is 5.32 Å². The van der Waals surface area contributed by atoms with E-state index in [0.29, 0.717) is 18.0 Å². The average molecular weight is 545 g/mol. The van der Waals surface area contributed by atoms with Gasteiger partial charge in [0, 0.05) is 14.3 Å². The number of rotatable bonds is 4. The van der Waals surface area contributed by atoms with Crippen LogP contribution in [0.15, 0.2) is 54.6 Å². The Labute approximate surface area is 166 Å². The van der Waals surface area contributed by atoms with E-state index in [9.17, 15) is 4.79 Å². The summed E-state index contributed by atoms with van der Waals surface area (Å²) in [7, 11) is 0. The molecule has 0 spiro atoms. The molecule has 0 fully saturated rings. The summed E-state index contributed by atoms with van der Waals surface area (Å²) in [6, 6.07) is 17.7. The molecule has 3 aromatic rings. The molecule has 2 N–H and O–H groups in total. The van der Waals surface area contributed by atoms with Gasteiger partial charge in [-0.25, -0.2) is 4.79 Å². The number of hydrogen-bond acceptors (Lipinski definition) is 2. The van der Waals surface area contributed by atoms with E-state index in [4.69, 9.17) is 9.84 Å². The van der Waals surface area contributed by atoms with Crippen LogP contribution >= 0.6 is 45.2 Å². The van der Waals surface area contributed by atoms with Crippen molar-refractivity contribution in [2.24, 2.45) is 0 Å². The van der Waals surface area contributed by atoms with E-state index in [2.05, 4.69) is 50.5 Å². The second-order valence-corrected chi connectivity index (χ2v) is 7.24. The third-order valence-electron chi connectivity index (χ3n) is 3.50. The second-order valence-electron chi connectivity index (χ2n) is 5.08. The zero-order valence-corrected chi connectivity index (χ0v) is 16.7. The summed E-state index contributed by atoms with van der Waals surface area (Å²) in [5.74, 6) is 0.694. The van der Waals surface area contributed by atoms with Crippen molar-refractivity contribution >= 4 is 67.7 Å². The molecule has 0 radical (unpaired) electrons. The summed E-state index contributed by atoms with van der Waals surface area (Å²) in [5, 5.41) is 13.6. The van der Waals surface area contributed by atoms with E-state index < -0.39 is 6.09 Å². The number of anilines is 1. The van der Waals surface area contributed by atoms with Crippen LogP contribution in [0.25, 0.3) is 10.8 Å². The molecule has 0 aliphatic heterocycles. The number of carboxylic acid groups (broad SMARTS) is 1. The predicted octanol–water partition coefficient (Wildman–Crippen LogP) is 5.72. The van der Waals surface area contributed by atoms with Gasteiger partial charge in [0.15, 0.2) is 0 Å². The molecule has 0 atom stereocenters. The van der Waals surface area contributed by atoms with Crippen LogP contribution in [-0.4, -0.2) is 11.2 Å². The lowest BCUT2D eigenvalue weighted by molar-refractivity contribution is 0.209. The van der Waals surface area contributed by atoms with Crippen molar-refractivity contribution in [1.29, 1.82) is 0 Å². The van der Waals surface area contributed by atoms with Gasteiger partial charge in [-0.1, -0.05) is 54.6 Å². The van der Waals surface area contributed by atoms with Gasteiger partial charge in [-0.2, -0.15) is 0 Å². The highest BCUT2D eigenvalue weighted by Crippen LogP contribution is 2.41. The summed E-state index contributed by atoms with van der Waals surface area (Å²) in [6.07, 6.45) is -1.09. The van der Waals surface area contributed by atoms with Gasteiger partial charge < -0.3 is 9.84 Å². The third kappa shape index (κ3) is 3.59. The largest absolute Gasteiger partial charge is 0.487 e. The van der Waals surface area contributed by atoms with E-state index in [1.165, 1.54) is 0 Å². The van der Waals surface area contributed by atoms with Gasteiger partial charge in [0.1, 0.15) is 12.4 Å². The predicted molar refractivity (Wildman–Crippen MR) is 112 cm³/mol. The number of fused-ring (bicyclic) bond motifs is 1. The van der Waals surface area contributed by atoms with Crippen molar-refractivity contribution in [2.45, 2.75) is 6.61 Å². The van der Waals surface area contributed by atoms with E-state index in [1.54, 1.807) is 0 Å². The van der Waals surface area contributed by atoms with E-state index in [0.717, 1.165) is 23.5 Å². The fourth-order valence-corrected chi connectivity index (χ4v) is 4.66. The highest BCUT2D eigenvalue weighted by molar-refractivity contribution is 14.1. The normalized spacial score (nSPS) is 10.6. The van der Waals surface area contributed by atoms with Gasteiger partial charge >= 0.3 is 6.09 Å². The minimum absolute atomic E-state index is 0.425. The van der Waals surface area contributed by atoms with Gasteiger partial charge in [0.05, 0.1) is 9.26 Å². The maximum atomic E-state index is 11.1. The minimum Gasteiger partial charge on any atom is -0.487 e. The van der Waals surface area contributed by atoms with Crippen LogP contribution < -0.4 is 10.1 Å². The molecule has 3 rings (SSSR count). The van der Waals surface area contributed by atoms with Gasteiger partial charge in [-0.15, -0.1) is 0 Å². The fraction of sp³-hybridized carbons (Fsp3) is 0.0556. The Morgan fingerprint density at radius 2 is 1.58 bits per heavy atom. The molecular formula is C18H13I2NO3. The van der Waals surface area contributed by atoms with Gasteiger partial charge in [0.25, 0.3) is 0 Å². The summed E-state index contributed by atoms with van der Waals surface area (Å²) in [5.41, 5.74) is 1.62. The molecule has 0 unspecified atom stereocenters. The molecule has 3 aromatic carbocycles. The lowest BCUT2D eigenvalue weighted by atomic mass is 10.1. The van der Waals surface area contributed by atoms with Gasteiger partial charge in [-0.3, -0.25) is 5.32 Å². The quantitative estimate of drug-likeness (QED) is 0.413. The van der Waals surface area contributed by atoms with E-state index in [-0.39, 0.29) is 0 Å². The molecule has 0 saturated heterocycles. The molecular weight excluding hydrogens is 532 g/mol. The zero-order chi connectivity index (χ0) is 17.1.